The van der Waals surface area contributed by atoms with Crippen molar-refractivity contribution in [3.8, 4) is 0 Å². The average Bonchev–Trinajstić information content (AvgIpc) is 2.25. The van der Waals surface area contributed by atoms with E-state index in [1.807, 2.05) is 39.8 Å². The number of hydrogen-bond acceptors (Lipinski definition) is 3. The van der Waals surface area contributed by atoms with Gasteiger partial charge in [0, 0.05) is 24.0 Å². The molecule has 0 fully saturated rings. The molecule has 1 heterocycles. The molecule has 1 aromatic rings. The van der Waals surface area contributed by atoms with E-state index < -0.39 is 0 Å². The molecule has 4 nitrogen and oxygen atoms in total. The van der Waals surface area contributed by atoms with E-state index in [0.717, 1.165) is 5.56 Å². The normalized spacial score (nSPS) is 13.2. The molecule has 0 spiro atoms. The molecule has 17 heavy (non-hydrogen) atoms. The highest BCUT2D eigenvalue weighted by molar-refractivity contribution is 5.78. The maximum Gasteiger partial charge on any atom is 0.234 e. The fraction of sp³-hybridized carbons (Fsp3) is 0.538. The van der Waals surface area contributed by atoms with Gasteiger partial charge in [0.05, 0.1) is 6.54 Å². The van der Waals surface area contributed by atoms with Crippen LogP contribution in [0.4, 0.5) is 0 Å². The Kier molecular flexibility index (Phi) is 4.63. The second-order valence-electron chi connectivity index (χ2n) is 5.18. The smallest absolute Gasteiger partial charge is 0.234 e. The summed E-state index contributed by atoms with van der Waals surface area (Å²) in [5.41, 5.74) is 0.946. The van der Waals surface area contributed by atoms with Gasteiger partial charge in [-0.1, -0.05) is 0 Å². The van der Waals surface area contributed by atoms with E-state index in [-0.39, 0.29) is 17.5 Å². The van der Waals surface area contributed by atoms with E-state index in [1.54, 1.807) is 12.4 Å². The molecule has 0 saturated carbocycles. The second kappa shape index (κ2) is 5.77. The third-order valence-corrected chi connectivity index (χ3v) is 2.29. The molecule has 0 aliphatic carbocycles. The van der Waals surface area contributed by atoms with Gasteiger partial charge in [0.1, 0.15) is 0 Å². The van der Waals surface area contributed by atoms with Crippen LogP contribution in [0.15, 0.2) is 24.5 Å². The Morgan fingerprint density at radius 3 is 2.47 bits per heavy atom. The van der Waals surface area contributed by atoms with E-state index in [0.29, 0.717) is 6.54 Å². The third-order valence-electron chi connectivity index (χ3n) is 2.29. The lowest BCUT2D eigenvalue weighted by molar-refractivity contribution is -0.121. The van der Waals surface area contributed by atoms with Gasteiger partial charge in [0.2, 0.25) is 5.91 Å². The summed E-state index contributed by atoms with van der Waals surface area (Å²) in [6.07, 6.45) is 3.51. The first-order valence-corrected chi connectivity index (χ1v) is 5.83. The van der Waals surface area contributed by atoms with Crippen LogP contribution in [-0.2, 0) is 4.79 Å². The topological polar surface area (TPSA) is 54.0 Å². The summed E-state index contributed by atoms with van der Waals surface area (Å²) in [7, 11) is 0. The van der Waals surface area contributed by atoms with Crippen LogP contribution in [0.1, 0.15) is 39.3 Å². The summed E-state index contributed by atoms with van der Waals surface area (Å²) in [5, 5.41) is 6.09. The first-order chi connectivity index (χ1) is 7.88. The molecule has 1 amide bonds. The number of nitrogens with one attached hydrogen (secondary N) is 2. The Hall–Kier alpha value is -1.42. The summed E-state index contributed by atoms with van der Waals surface area (Å²) in [4.78, 5) is 15.6. The van der Waals surface area contributed by atoms with Gasteiger partial charge >= 0.3 is 0 Å². The SMILES string of the molecule is CC(NCC(=O)NC(C)(C)C)c1ccncc1. The van der Waals surface area contributed by atoms with Gasteiger partial charge in [0.25, 0.3) is 0 Å². The summed E-state index contributed by atoms with van der Waals surface area (Å²) in [6.45, 7) is 8.26. The molecular formula is C13H21N3O. The number of amides is 1. The Bertz CT molecular complexity index is 357. The molecule has 0 aliphatic heterocycles. The van der Waals surface area contributed by atoms with Crippen LogP contribution in [0.25, 0.3) is 0 Å². The first kappa shape index (κ1) is 13.6. The van der Waals surface area contributed by atoms with Crippen molar-refractivity contribution in [1.29, 1.82) is 0 Å². The van der Waals surface area contributed by atoms with E-state index in [2.05, 4.69) is 15.6 Å². The molecule has 1 unspecified atom stereocenters. The van der Waals surface area contributed by atoms with E-state index in [1.165, 1.54) is 0 Å². The van der Waals surface area contributed by atoms with Crippen LogP contribution >= 0.6 is 0 Å². The minimum absolute atomic E-state index is 0.0124. The number of hydrogen-bond donors (Lipinski definition) is 2. The first-order valence-electron chi connectivity index (χ1n) is 5.83. The van der Waals surface area contributed by atoms with Crippen molar-refractivity contribution in [3.05, 3.63) is 30.1 Å². The molecule has 94 valence electrons. The minimum atomic E-state index is -0.182. The molecule has 1 rings (SSSR count). The van der Waals surface area contributed by atoms with E-state index in [4.69, 9.17) is 0 Å². The van der Waals surface area contributed by atoms with Crippen molar-refractivity contribution in [2.24, 2.45) is 0 Å². The molecule has 2 N–H and O–H groups in total. The van der Waals surface area contributed by atoms with Gasteiger partial charge in [-0.25, -0.2) is 0 Å². The van der Waals surface area contributed by atoms with Crippen LogP contribution in [0.3, 0.4) is 0 Å². The summed E-state index contributed by atoms with van der Waals surface area (Å²) >= 11 is 0. The zero-order chi connectivity index (χ0) is 12.9. The number of aromatic nitrogens is 1. The lowest BCUT2D eigenvalue weighted by atomic mass is 10.1. The Morgan fingerprint density at radius 1 is 1.35 bits per heavy atom. The second-order valence-corrected chi connectivity index (χ2v) is 5.18. The Labute approximate surface area is 103 Å². The summed E-state index contributed by atoms with van der Waals surface area (Å²) in [5.74, 6) is 0.0124. The molecule has 4 heteroatoms. The van der Waals surface area contributed by atoms with Gasteiger partial charge in [-0.2, -0.15) is 0 Å². The van der Waals surface area contributed by atoms with Crippen LogP contribution in [0.5, 0.6) is 0 Å². The number of carbonyl (C=O) groups is 1. The molecule has 0 aliphatic rings. The molecular weight excluding hydrogens is 214 g/mol. The Balaban J connectivity index is 2.39. The van der Waals surface area contributed by atoms with Gasteiger partial charge in [-0.15, -0.1) is 0 Å². The zero-order valence-corrected chi connectivity index (χ0v) is 10.9. The highest BCUT2D eigenvalue weighted by Gasteiger charge is 2.14. The van der Waals surface area contributed by atoms with Gasteiger partial charge < -0.3 is 10.6 Å². The van der Waals surface area contributed by atoms with E-state index in [9.17, 15) is 4.79 Å². The lowest BCUT2D eigenvalue weighted by Crippen LogP contribution is -2.45. The standard InChI is InChI=1S/C13H21N3O/c1-10(11-5-7-14-8-6-11)15-9-12(17)16-13(2,3)4/h5-8,10,15H,9H2,1-4H3,(H,16,17). The lowest BCUT2D eigenvalue weighted by Gasteiger charge is -2.21. The van der Waals surface area contributed by atoms with Crippen LogP contribution < -0.4 is 10.6 Å². The van der Waals surface area contributed by atoms with Crippen LogP contribution in [0, 0.1) is 0 Å². The highest BCUT2D eigenvalue weighted by Crippen LogP contribution is 2.09. The maximum absolute atomic E-state index is 11.6. The molecule has 0 radical (unpaired) electrons. The molecule has 1 aromatic heterocycles. The van der Waals surface area contributed by atoms with Crippen LogP contribution in [0.2, 0.25) is 0 Å². The zero-order valence-electron chi connectivity index (χ0n) is 10.9. The van der Waals surface area contributed by atoms with Crippen molar-refractivity contribution in [3.63, 3.8) is 0 Å². The minimum Gasteiger partial charge on any atom is -0.350 e. The summed E-state index contributed by atoms with van der Waals surface area (Å²) < 4.78 is 0. The van der Waals surface area contributed by atoms with Crippen molar-refractivity contribution in [1.82, 2.24) is 15.6 Å². The fourth-order valence-corrected chi connectivity index (χ4v) is 1.48. The van der Waals surface area contributed by atoms with Crippen molar-refractivity contribution < 1.29 is 4.79 Å². The van der Waals surface area contributed by atoms with Crippen molar-refractivity contribution in [2.45, 2.75) is 39.3 Å². The largest absolute Gasteiger partial charge is 0.350 e. The third kappa shape index (κ3) is 5.45. The van der Waals surface area contributed by atoms with Gasteiger partial charge in [-0.05, 0) is 45.4 Å². The molecule has 1 atom stereocenters. The quantitative estimate of drug-likeness (QED) is 0.834. The predicted octanol–water partition coefficient (Wildman–Crippen LogP) is 1.65. The number of carbonyl (C=O) groups excluding carboxylic acids is 1. The maximum atomic E-state index is 11.6. The molecule has 0 bridgehead atoms. The monoisotopic (exact) mass is 235 g/mol. The van der Waals surface area contributed by atoms with Gasteiger partial charge in [0.15, 0.2) is 0 Å². The Morgan fingerprint density at radius 2 is 1.94 bits per heavy atom. The highest BCUT2D eigenvalue weighted by atomic mass is 16.2. The number of pyridine rings is 1. The predicted molar refractivity (Wildman–Crippen MR) is 68.6 cm³/mol. The van der Waals surface area contributed by atoms with E-state index >= 15 is 0 Å². The molecule has 0 aromatic carbocycles. The average molecular weight is 235 g/mol. The number of nitrogens with zero attached hydrogens (tertiary/aromatic N) is 1. The summed E-state index contributed by atoms with van der Waals surface area (Å²) in [6, 6.07) is 4.03. The van der Waals surface area contributed by atoms with Crippen LogP contribution in [-0.4, -0.2) is 23.0 Å². The van der Waals surface area contributed by atoms with Crippen molar-refractivity contribution in [2.75, 3.05) is 6.54 Å². The number of rotatable bonds is 4. The van der Waals surface area contributed by atoms with Crippen molar-refractivity contribution >= 4 is 5.91 Å². The fourth-order valence-electron chi connectivity index (χ4n) is 1.48. The van der Waals surface area contributed by atoms with Gasteiger partial charge in [-0.3, -0.25) is 9.78 Å². The molecule has 0 saturated heterocycles.